The molecule has 0 aromatic carbocycles. The van der Waals surface area contributed by atoms with Gasteiger partial charge in [0.2, 0.25) is 0 Å². The summed E-state index contributed by atoms with van der Waals surface area (Å²) in [5.74, 6) is -0.307. The summed E-state index contributed by atoms with van der Waals surface area (Å²) >= 11 is 0. The lowest BCUT2D eigenvalue weighted by atomic mass is 9.98. The van der Waals surface area contributed by atoms with Gasteiger partial charge < -0.3 is 15.4 Å². The van der Waals surface area contributed by atoms with Gasteiger partial charge >= 0.3 is 5.97 Å². The topological polar surface area (TPSA) is 55.6 Å². The number of carbonyl (C=O) groups excluding carboxylic acids is 1. The Hall–Kier alpha value is -0.610. The fourth-order valence-corrected chi connectivity index (χ4v) is 1.70. The highest BCUT2D eigenvalue weighted by Gasteiger charge is 2.44. The fraction of sp³-hybridized carbons (Fsp3) is 0.875. The molecule has 1 rings (SSSR count). The zero-order valence-electron chi connectivity index (χ0n) is 7.83. The van der Waals surface area contributed by atoms with E-state index < -0.39 is 5.54 Å². The first kappa shape index (κ1) is 9.48. The lowest BCUT2D eigenvalue weighted by Gasteiger charge is -2.19. The molecule has 2 N–H and O–H groups in total. The van der Waals surface area contributed by atoms with Crippen molar-refractivity contribution in [1.29, 1.82) is 0 Å². The Morgan fingerprint density at radius 1 is 1.75 bits per heavy atom. The summed E-state index contributed by atoms with van der Waals surface area (Å²) in [7, 11) is 3.34. The Balaban J connectivity index is 2.69. The van der Waals surface area contributed by atoms with Crippen molar-refractivity contribution in [1.82, 2.24) is 4.90 Å². The standard InChI is InChI=1S/C8H16N2O2/c1-6-4-8(9,5-10(6)2)7(11)12-3/h6H,4-5,9H2,1-3H3. The summed E-state index contributed by atoms with van der Waals surface area (Å²) in [4.78, 5) is 13.3. The van der Waals surface area contributed by atoms with Crippen molar-refractivity contribution in [3.8, 4) is 0 Å². The first-order valence-corrected chi connectivity index (χ1v) is 4.07. The van der Waals surface area contributed by atoms with E-state index in [1.807, 2.05) is 7.05 Å². The molecule has 0 spiro atoms. The second kappa shape index (κ2) is 3.03. The third-order valence-electron chi connectivity index (χ3n) is 2.54. The molecule has 0 radical (unpaired) electrons. The summed E-state index contributed by atoms with van der Waals surface area (Å²) < 4.78 is 4.64. The van der Waals surface area contributed by atoms with Crippen LogP contribution in [0.15, 0.2) is 0 Å². The maximum Gasteiger partial charge on any atom is 0.327 e. The predicted molar refractivity (Wildman–Crippen MR) is 45.6 cm³/mol. The SMILES string of the molecule is COC(=O)C1(N)CC(C)N(C)C1. The van der Waals surface area contributed by atoms with Crippen molar-refractivity contribution in [2.24, 2.45) is 5.73 Å². The average Bonchev–Trinajstić information content (AvgIpc) is 2.26. The zero-order chi connectivity index (χ0) is 9.35. The van der Waals surface area contributed by atoms with Crippen LogP contribution in [-0.4, -0.2) is 43.2 Å². The number of carbonyl (C=O) groups is 1. The Kier molecular flexibility index (Phi) is 2.39. The van der Waals surface area contributed by atoms with E-state index in [-0.39, 0.29) is 5.97 Å². The second-order valence-corrected chi connectivity index (χ2v) is 3.62. The molecule has 0 amide bonds. The molecule has 4 nitrogen and oxygen atoms in total. The molecule has 1 aliphatic heterocycles. The number of hydrogen-bond donors (Lipinski definition) is 1. The van der Waals surface area contributed by atoms with E-state index in [9.17, 15) is 4.79 Å². The van der Waals surface area contributed by atoms with Crippen LogP contribution >= 0.6 is 0 Å². The molecule has 0 saturated carbocycles. The second-order valence-electron chi connectivity index (χ2n) is 3.62. The lowest BCUT2D eigenvalue weighted by molar-refractivity contribution is -0.146. The molecule has 2 unspecified atom stereocenters. The molecule has 12 heavy (non-hydrogen) atoms. The Labute approximate surface area is 72.7 Å². The minimum absolute atomic E-state index is 0.307. The first-order chi connectivity index (χ1) is 5.49. The zero-order valence-corrected chi connectivity index (χ0v) is 7.83. The van der Waals surface area contributed by atoms with Crippen LogP contribution in [0.1, 0.15) is 13.3 Å². The van der Waals surface area contributed by atoms with Crippen LogP contribution in [0.2, 0.25) is 0 Å². The van der Waals surface area contributed by atoms with Crippen LogP contribution in [0.25, 0.3) is 0 Å². The Morgan fingerprint density at radius 2 is 2.33 bits per heavy atom. The first-order valence-electron chi connectivity index (χ1n) is 4.07. The third kappa shape index (κ3) is 1.44. The highest BCUT2D eigenvalue weighted by atomic mass is 16.5. The molecular formula is C8H16N2O2. The number of methoxy groups -OCH3 is 1. The largest absolute Gasteiger partial charge is 0.468 e. The molecule has 70 valence electrons. The minimum Gasteiger partial charge on any atom is -0.468 e. The summed E-state index contributed by atoms with van der Waals surface area (Å²) in [6.45, 7) is 2.64. The number of hydrogen-bond acceptors (Lipinski definition) is 4. The Morgan fingerprint density at radius 3 is 2.67 bits per heavy atom. The van der Waals surface area contributed by atoms with Crippen molar-refractivity contribution in [2.75, 3.05) is 20.7 Å². The van der Waals surface area contributed by atoms with Crippen LogP contribution in [0, 0.1) is 0 Å². The molecule has 1 aliphatic rings. The normalized spacial score (nSPS) is 36.8. The van der Waals surface area contributed by atoms with Gasteiger partial charge in [0.25, 0.3) is 0 Å². The van der Waals surface area contributed by atoms with Crippen molar-refractivity contribution >= 4 is 5.97 Å². The lowest BCUT2D eigenvalue weighted by Crippen LogP contribution is -2.50. The molecule has 4 heteroatoms. The molecular weight excluding hydrogens is 156 g/mol. The predicted octanol–water partition coefficient (Wildman–Crippen LogP) is -0.419. The van der Waals surface area contributed by atoms with Crippen LogP contribution < -0.4 is 5.73 Å². The van der Waals surface area contributed by atoms with Gasteiger partial charge in [-0.1, -0.05) is 0 Å². The van der Waals surface area contributed by atoms with Gasteiger partial charge in [-0.15, -0.1) is 0 Å². The van der Waals surface area contributed by atoms with Crippen molar-refractivity contribution in [3.05, 3.63) is 0 Å². The van der Waals surface area contributed by atoms with E-state index in [2.05, 4.69) is 16.6 Å². The van der Waals surface area contributed by atoms with Gasteiger partial charge in [0.15, 0.2) is 0 Å². The monoisotopic (exact) mass is 172 g/mol. The molecule has 0 aromatic heterocycles. The number of rotatable bonds is 1. The van der Waals surface area contributed by atoms with Crippen LogP contribution in [0.4, 0.5) is 0 Å². The third-order valence-corrected chi connectivity index (χ3v) is 2.54. The molecule has 0 aliphatic carbocycles. The highest BCUT2D eigenvalue weighted by molar-refractivity contribution is 5.81. The summed E-state index contributed by atoms with van der Waals surface area (Å²) in [5.41, 5.74) is 5.09. The molecule has 1 heterocycles. The van der Waals surface area contributed by atoms with Gasteiger partial charge in [0.05, 0.1) is 7.11 Å². The maximum absolute atomic E-state index is 11.3. The number of nitrogens with zero attached hydrogens (tertiary/aromatic N) is 1. The van der Waals surface area contributed by atoms with Gasteiger partial charge in [-0.05, 0) is 20.4 Å². The van der Waals surface area contributed by atoms with Crippen molar-refractivity contribution in [3.63, 3.8) is 0 Å². The van der Waals surface area contributed by atoms with Gasteiger partial charge in [-0.25, -0.2) is 0 Å². The Bertz CT molecular complexity index is 183. The van der Waals surface area contributed by atoms with Gasteiger partial charge in [0.1, 0.15) is 5.54 Å². The molecule has 1 saturated heterocycles. The van der Waals surface area contributed by atoms with Gasteiger partial charge in [0, 0.05) is 12.6 Å². The number of esters is 1. The molecule has 0 aromatic rings. The quantitative estimate of drug-likeness (QED) is 0.546. The van der Waals surface area contributed by atoms with E-state index in [1.54, 1.807) is 0 Å². The van der Waals surface area contributed by atoms with E-state index in [0.717, 1.165) is 0 Å². The fourth-order valence-electron chi connectivity index (χ4n) is 1.70. The number of nitrogens with two attached hydrogens (primary N) is 1. The molecule has 2 atom stereocenters. The van der Waals surface area contributed by atoms with Gasteiger partial charge in [-0.3, -0.25) is 4.79 Å². The number of ether oxygens (including phenoxy) is 1. The van der Waals surface area contributed by atoms with Gasteiger partial charge in [-0.2, -0.15) is 0 Å². The van der Waals surface area contributed by atoms with E-state index in [0.29, 0.717) is 19.0 Å². The number of likely N-dealkylation sites (tertiary alicyclic amines) is 1. The van der Waals surface area contributed by atoms with Crippen LogP contribution in [-0.2, 0) is 9.53 Å². The smallest absolute Gasteiger partial charge is 0.327 e. The van der Waals surface area contributed by atoms with Crippen molar-refractivity contribution in [2.45, 2.75) is 24.9 Å². The minimum atomic E-state index is -0.789. The van der Waals surface area contributed by atoms with Crippen LogP contribution in [0.3, 0.4) is 0 Å². The summed E-state index contributed by atoms with van der Waals surface area (Å²) in [6.07, 6.45) is 0.677. The van der Waals surface area contributed by atoms with Crippen LogP contribution in [0.5, 0.6) is 0 Å². The number of likely N-dealkylation sites (N-methyl/N-ethyl adjacent to an activating group) is 1. The average molecular weight is 172 g/mol. The van der Waals surface area contributed by atoms with E-state index in [4.69, 9.17) is 5.73 Å². The van der Waals surface area contributed by atoms with Crippen molar-refractivity contribution < 1.29 is 9.53 Å². The van der Waals surface area contributed by atoms with E-state index >= 15 is 0 Å². The highest BCUT2D eigenvalue weighted by Crippen LogP contribution is 2.24. The molecule has 1 fully saturated rings. The molecule has 0 bridgehead atoms. The van der Waals surface area contributed by atoms with E-state index in [1.165, 1.54) is 7.11 Å². The summed E-state index contributed by atoms with van der Waals surface area (Å²) in [5, 5.41) is 0. The maximum atomic E-state index is 11.3. The summed E-state index contributed by atoms with van der Waals surface area (Å²) in [6, 6.07) is 0.356.